The molecule has 0 fully saturated rings. The predicted octanol–water partition coefficient (Wildman–Crippen LogP) is 4.69. The Morgan fingerprint density at radius 1 is 1.23 bits per heavy atom. The maximum Gasteiger partial charge on any atom is 0.278 e. The van der Waals surface area contributed by atoms with Crippen molar-refractivity contribution < 1.29 is 18.5 Å². The van der Waals surface area contributed by atoms with Crippen LogP contribution in [0, 0.1) is 21.7 Å². The van der Waals surface area contributed by atoms with E-state index < -0.39 is 22.2 Å². The molecule has 0 saturated carbocycles. The number of oxime groups is 1. The molecular weight excluding hydrogens is 362 g/mol. The largest absolute Gasteiger partial charge is 0.388 e. The lowest BCUT2D eigenvalue weighted by atomic mass is 9.97. The molecule has 0 spiro atoms. The van der Waals surface area contributed by atoms with Crippen LogP contribution in [0.1, 0.15) is 24.5 Å². The summed E-state index contributed by atoms with van der Waals surface area (Å²) in [5.41, 5.74) is 0.230. The molecule has 0 saturated heterocycles. The van der Waals surface area contributed by atoms with Crippen molar-refractivity contribution in [2.45, 2.75) is 24.7 Å². The minimum atomic E-state index is -0.689. The van der Waals surface area contributed by atoms with Gasteiger partial charge >= 0.3 is 0 Å². The number of halogens is 2. The topological polar surface area (TPSA) is 64.7 Å². The molecule has 0 radical (unpaired) electrons. The van der Waals surface area contributed by atoms with Crippen LogP contribution in [0.2, 0.25) is 0 Å². The molecule has 8 heteroatoms. The van der Waals surface area contributed by atoms with Crippen LogP contribution in [0.5, 0.6) is 0 Å². The second-order valence-corrected chi connectivity index (χ2v) is 7.21. The number of hydrogen-bond donors (Lipinski definition) is 0. The van der Waals surface area contributed by atoms with E-state index in [1.807, 2.05) is 6.92 Å². The Morgan fingerprint density at radius 2 is 1.92 bits per heavy atom. The smallest absolute Gasteiger partial charge is 0.278 e. The molecule has 2 aromatic carbocycles. The molecule has 1 unspecified atom stereocenters. The third kappa shape index (κ3) is 3.85. The molecule has 2 aromatic rings. The maximum absolute atomic E-state index is 13.7. The highest BCUT2D eigenvalue weighted by Gasteiger charge is 2.36. The number of hydrogen-bond acceptors (Lipinski definition) is 5. The van der Waals surface area contributed by atoms with E-state index in [0.29, 0.717) is 23.4 Å². The molecule has 0 amide bonds. The molecule has 1 aliphatic rings. The fraction of sp³-hybridized carbons (Fsp3) is 0.278. The van der Waals surface area contributed by atoms with Crippen molar-refractivity contribution >= 4 is 23.2 Å². The van der Waals surface area contributed by atoms with Crippen LogP contribution in [0.15, 0.2) is 47.6 Å². The van der Waals surface area contributed by atoms with E-state index in [1.54, 1.807) is 18.2 Å². The van der Waals surface area contributed by atoms with Crippen molar-refractivity contribution in [2.24, 2.45) is 5.16 Å². The van der Waals surface area contributed by atoms with Crippen LogP contribution < -0.4 is 0 Å². The van der Waals surface area contributed by atoms with Gasteiger partial charge in [0.1, 0.15) is 17.2 Å². The van der Waals surface area contributed by atoms with Gasteiger partial charge < -0.3 is 4.84 Å². The minimum absolute atomic E-state index is 0.0268. The number of rotatable bonds is 6. The second-order valence-electron chi connectivity index (χ2n) is 6.22. The van der Waals surface area contributed by atoms with Crippen molar-refractivity contribution in [1.82, 2.24) is 0 Å². The van der Waals surface area contributed by atoms with Crippen molar-refractivity contribution in [2.75, 3.05) is 5.75 Å². The van der Waals surface area contributed by atoms with Gasteiger partial charge in [0, 0.05) is 29.6 Å². The van der Waals surface area contributed by atoms with Crippen LogP contribution in [0.3, 0.4) is 0 Å². The summed E-state index contributed by atoms with van der Waals surface area (Å²) in [6.07, 6.45) is 0.380. The summed E-state index contributed by atoms with van der Waals surface area (Å²) >= 11 is 1.33. The average Bonchev–Trinajstić information content (AvgIpc) is 3.00. The standard InChI is InChI=1S/C18H16F2N2O3S/c1-18(11-26-10-13-14(19)6-4-7-15(13)20)9-16(21-25-18)12-5-2-3-8-17(12)22(23)24/h2-8H,9-11H2,1H3. The van der Waals surface area contributed by atoms with E-state index >= 15 is 0 Å². The highest BCUT2D eigenvalue weighted by Crippen LogP contribution is 2.33. The zero-order valence-corrected chi connectivity index (χ0v) is 14.8. The Labute approximate surface area is 153 Å². The van der Waals surface area contributed by atoms with Crippen molar-refractivity contribution in [3.8, 4) is 0 Å². The zero-order valence-electron chi connectivity index (χ0n) is 13.9. The molecule has 3 rings (SSSR count). The number of nitrogens with zero attached hydrogens (tertiary/aromatic N) is 2. The van der Waals surface area contributed by atoms with Gasteiger partial charge in [0.2, 0.25) is 0 Å². The molecule has 1 atom stereocenters. The normalized spacial score (nSPS) is 19.1. The number of para-hydroxylation sites is 1. The Kier molecular flexibility index (Phi) is 5.22. The first kappa shape index (κ1) is 18.3. The first-order valence-corrected chi connectivity index (χ1v) is 9.04. The van der Waals surface area contributed by atoms with E-state index in [2.05, 4.69) is 5.16 Å². The van der Waals surface area contributed by atoms with Crippen LogP contribution >= 0.6 is 11.8 Å². The zero-order chi connectivity index (χ0) is 18.7. The quantitative estimate of drug-likeness (QED) is 0.540. The molecule has 1 aliphatic heterocycles. The number of thioether (sulfide) groups is 1. The van der Waals surface area contributed by atoms with Crippen LogP contribution in [0.25, 0.3) is 0 Å². The van der Waals surface area contributed by atoms with E-state index in [0.717, 1.165) is 0 Å². The summed E-state index contributed by atoms with van der Waals surface area (Å²) < 4.78 is 27.4. The van der Waals surface area contributed by atoms with E-state index in [1.165, 1.54) is 36.0 Å². The maximum atomic E-state index is 13.7. The molecule has 0 bridgehead atoms. The first-order chi connectivity index (χ1) is 12.4. The van der Waals surface area contributed by atoms with Crippen molar-refractivity contribution in [3.05, 3.63) is 75.3 Å². The summed E-state index contributed by atoms with van der Waals surface area (Å²) in [4.78, 5) is 16.2. The van der Waals surface area contributed by atoms with Gasteiger partial charge in [-0.1, -0.05) is 23.4 Å². The van der Waals surface area contributed by atoms with Crippen LogP contribution in [0.4, 0.5) is 14.5 Å². The lowest BCUT2D eigenvalue weighted by Gasteiger charge is -2.20. The highest BCUT2D eigenvalue weighted by molar-refractivity contribution is 7.98. The van der Waals surface area contributed by atoms with Crippen LogP contribution in [-0.2, 0) is 10.6 Å². The molecule has 5 nitrogen and oxygen atoms in total. The van der Waals surface area contributed by atoms with Crippen molar-refractivity contribution in [3.63, 3.8) is 0 Å². The summed E-state index contributed by atoms with van der Waals surface area (Å²) in [7, 11) is 0. The van der Waals surface area contributed by atoms with Gasteiger partial charge in [0.05, 0.1) is 16.2 Å². The van der Waals surface area contributed by atoms with Gasteiger partial charge in [-0.15, -0.1) is 0 Å². The Bertz CT molecular complexity index is 855. The molecule has 26 heavy (non-hydrogen) atoms. The predicted molar refractivity (Wildman–Crippen MR) is 96.3 cm³/mol. The second kappa shape index (κ2) is 7.41. The SMILES string of the molecule is CC1(CSCc2c(F)cccc2F)CC(c2ccccc2[N+](=O)[O-])=NO1. The number of nitro benzene ring substituents is 1. The number of benzene rings is 2. The van der Waals surface area contributed by atoms with E-state index in [9.17, 15) is 18.9 Å². The van der Waals surface area contributed by atoms with Crippen LogP contribution in [-0.4, -0.2) is 22.0 Å². The lowest BCUT2D eigenvalue weighted by Crippen LogP contribution is -2.28. The van der Waals surface area contributed by atoms with Gasteiger partial charge in [-0.25, -0.2) is 8.78 Å². The van der Waals surface area contributed by atoms with Crippen molar-refractivity contribution in [1.29, 1.82) is 0 Å². The van der Waals surface area contributed by atoms with Gasteiger partial charge in [-0.05, 0) is 25.1 Å². The Morgan fingerprint density at radius 3 is 2.62 bits per heavy atom. The summed E-state index contributed by atoms with van der Waals surface area (Å²) in [6, 6.07) is 10.1. The van der Waals surface area contributed by atoms with E-state index in [4.69, 9.17) is 4.84 Å². The molecule has 0 aromatic heterocycles. The molecule has 0 aliphatic carbocycles. The van der Waals surface area contributed by atoms with Gasteiger partial charge in [-0.3, -0.25) is 10.1 Å². The fourth-order valence-corrected chi connectivity index (χ4v) is 3.89. The first-order valence-electron chi connectivity index (χ1n) is 7.89. The summed E-state index contributed by atoms with van der Waals surface area (Å²) in [5.74, 6) is -0.550. The lowest BCUT2D eigenvalue weighted by molar-refractivity contribution is -0.385. The summed E-state index contributed by atoms with van der Waals surface area (Å²) in [5, 5.41) is 15.2. The number of nitro groups is 1. The third-order valence-corrected chi connectivity index (χ3v) is 5.35. The fourth-order valence-electron chi connectivity index (χ4n) is 2.72. The molecule has 0 N–H and O–H groups in total. The highest BCUT2D eigenvalue weighted by atomic mass is 32.2. The third-order valence-electron chi connectivity index (χ3n) is 4.04. The monoisotopic (exact) mass is 378 g/mol. The van der Waals surface area contributed by atoms with E-state index in [-0.39, 0.29) is 17.0 Å². The summed E-state index contributed by atoms with van der Waals surface area (Å²) in [6.45, 7) is 1.82. The average molecular weight is 378 g/mol. The van der Waals surface area contributed by atoms with Gasteiger partial charge in [0.15, 0.2) is 0 Å². The van der Waals surface area contributed by atoms with Gasteiger partial charge in [-0.2, -0.15) is 11.8 Å². The molecular formula is C18H16F2N2O3S. The Hall–Kier alpha value is -2.48. The Balaban J connectivity index is 1.65. The van der Waals surface area contributed by atoms with Gasteiger partial charge in [0.25, 0.3) is 5.69 Å². The molecule has 136 valence electrons. The minimum Gasteiger partial charge on any atom is -0.388 e. The molecule has 1 heterocycles.